The zero-order valence-corrected chi connectivity index (χ0v) is 12.5. The second-order valence-corrected chi connectivity index (χ2v) is 5.74. The normalized spacial score (nSPS) is 12.1. The van der Waals surface area contributed by atoms with Crippen molar-refractivity contribution in [1.29, 1.82) is 0 Å². The van der Waals surface area contributed by atoms with E-state index in [1.165, 1.54) is 24.6 Å². The first kappa shape index (κ1) is 15.9. The van der Waals surface area contributed by atoms with E-state index < -0.39 is 0 Å². The van der Waals surface area contributed by atoms with Gasteiger partial charge in [0.15, 0.2) is 0 Å². The first-order valence-electron chi connectivity index (χ1n) is 6.83. The molecule has 0 aliphatic rings. The molecule has 1 amide bonds. The maximum Gasteiger partial charge on any atom is 0.230 e. The van der Waals surface area contributed by atoms with Crippen molar-refractivity contribution in [2.45, 2.75) is 50.5 Å². The number of nitrogens with one attached hydrogen (secondary N) is 1. The van der Waals surface area contributed by atoms with Crippen LogP contribution in [0.3, 0.4) is 0 Å². The van der Waals surface area contributed by atoms with Gasteiger partial charge in [0.2, 0.25) is 5.91 Å². The summed E-state index contributed by atoms with van der Waals surface area (Å²) in [5, 5.41) is 12.6. The minimum atomic E-state index is 0.0252. The van der Waals surface area contributed by atoms with Gasteiger partial charge in [0, 0.05) is 10.9 Å². The Balaban J connectivity index is 2.26. The summed E-state index contributed by atoms with van der Waals surface area (Å²) >= 11 is 1.36. The summed E-state index contributed by atoms with van der Waals surface area (Å²) in [5.41, 5.74) is 0. The number of hydrogen-bond donors (Lipinski definition) is 2. The third kappa shape index (κ3) is 6.53. The summed E-state index contributed by atoms with van der Waals surface area (Å²) in [6.07, 6.45) is 4.60. The van der Waals surface area contributed by atoms with Crippen molar-refractivity contribution in [3.05, 3.63) is 24.3 Å². The summed E-state index contributed by atoms with van der Waals surface area (Å²) in [7, 11) is 0. The zero-order chi connectivity index (χ0) is 14.1. The number of amides is 1. The van der Waals surface area contributed by atoms with Crippen LogP contribution in [-0.2, 0) is 4.79 Å². The molecule has 1 atom stereocenters. The van der Waals surface area contributed by atoms with Crippen molar-refractivity contribution in [2.75, 3.05) is 5.75 Å². The Morgan fingerprint density at radius 2 is 2.11 bits per heavy atom. The number of phenols is 1. The standard InChI is InChI=1S/C15H23NO2S/c1-3-4-5-8-12(2)16-15(18)11-19-14-10-7-6-9-13(14)17/h6-7,9-10,12,17H,3-5,8,11H2,1-2H3,(H,16,18). The monoisotopic (exact) mass is 281 g/mol. The fourth-order valence-electron chi connectivity index (χ4n) is 1.81. The van der Waals surface area contributed by atoms with Crippen LogP contribution in [0.15, 0.2) is 29.2 Å². The molecule has 4 heteroatoms. The highest BCUT2D eigenvalue weighted by Crippen LogP contribution is 2.27. The molecule has 0 radical (unpaired) electrons. The summed E-state index contributed by atoms with van der Waals surface area (Å²) in [5.74, 6) is 0.601. The molecule has 19 heavy (non-hydrogen) atoms. The van der Waals surface area contributed by atoms with Crippen molar-refractivity contribution in [3.63, 3.8) is 0 Å². The molecule has 0 spiro atoms. The lowest BCUT2D eigenvalue weighted by molar-refractivity contribution is -0.119. The number of benzene rings is 1. The van der Waals surface area contributed by atoms with E-state index in [0.29, 0.717) is 5.75 Å². The van der Waals surface area contributed by atoms with Gasteiger partial charge in [-0.25, -0.2) is 0 Å². The zero-order valence-electron chi connectivity index (χ0n) is 11.7. The summed E-state index contributed by atoms with van der Waals surface area (Å²) < 4.78 is 0. The summed E-state index contributed by atoms with van der Waals surface area (Å²) in [4.78, 5) is 12.5. The molecule has 1 unspecified atom stereocenters. The smallest absolute Gasteiger partial charge is 0.230 e. The first-order chi connectivity index (χ1) is 9.13. The summed E-state index contributed by atoms with van der Waals surface area (Å²) in [6, 6.07) is 7.30. The lowest BCUT2D eigenvalue weighted by Crippen LogP contribution is -2.33. The number of hydrogen-bond acceptors (Lipinski definition) is 3. The minimum Gasteiger partial charge on any atom is -0.507 e. The van der Waals surface area contributed by atoms with E-state index in [4.69, 9.17) is 0 Å². The van der Waals surface area contributed by atoms with Crippen molar-refractivity contribution in [1.82, 2.24) is 5.32 Å². The Labute approximate surface area is 119 Å². The van der Waals surface area contributed by atoms with Crippen LogP contribution in [0.25, 0.3) is 0 Å². The average molecular weight is 281 g/mol. The van der Waals surface area contributed by atoms with E-state index in [1.807, 2.05) is 19.1 Å². The first-order valence-corrected chi connectivity index (χ1v) is 7.82. The molecular weight excluding hydrogens is 258 g/mol. The van der Waals surface area contributed by atoms with Gasteiger partial charge < -0.3 is 10.4 Å². The lowest BCUT2D eigenvalue weighted by atomic mass is 10.1. The number of rotatable bonds is 8. The Morgan fingerprint density at radius 3 is 2.79 bits per heavy atom. The van der Waals surface area contributed by atoms with E-state index in [-0.39, 0.29) is 17.7 Å². The predicted octanol–water partition coefficient (Wildman–Crippen LogP) is 3.57. The van der Waals surface area contributed by atoms with Gasteiger partial charge >= 0.3 is 0 Å². The van der Waals surface area contributed by atoms with Gasteiger partial charge in [-0.2, -0.15) is 0 Å². The number of thioether (sulfide) groups is 1. The number of carbonyl (C=O) groups excluding carboxylic acids is 1. The lowest BCUT2D eigenvalue weighted by Gasteiger charge is -2.13. The highest BCUT2D eigenvalue weighted by Gasteiger charge is 2.09. The maximum atomic E-state index is 11.8. The Hall–Kier alpha value is -1.16. The van der Waals surface area contributed by atoms with Gasteiger partial charge in [0.25, 0.3) is 0 Å². The van der Waals surface area contributed by atoms with Crippen LogP contribution in [0.5, 0.6) is 5.75 Å². The molecule has 1 rings (SSSR count). The predicted molar refractivity (Wildman–Crippen MR) is 80.6 cm³/mol. The van der Waals surface area contributed by atoms with Crippen LogP contribution in [-0.4, -0.2) is 22.8 Å². The van der Waals surface area contributed by atoms with E-state index in [9.17, 15) is 9.90 Å². The second kappa shape index (κ2) is 8.86. The molecule has 0 aliphatic carbocycles. The number of carbonyl (C=O) groups is 1. The molecule has 3 nitrogen and oxygen atoms in total. The van der Waals surface area contributed by atoms with Crippen molar-refractivity contribution < 1.29 is 9.90 Å². The van der Waals surface area contributed by atoms with Crippen LogP contribution in [0.2, 0.25) is 0 Å². The van der Waals surface area contributed by atoms with Gasteiger partial charge in [0.05, 0.1) is 5.75 Å². The highest BCUT2D eigenvalue weighted by molar-refractivity contribution is 8.00. The second-order valence-electron chi connectivity index (χ2n) is 4.72. The van der Waals surface area contributed by atoms with Crippen molar-refractivity contribution in [2.24, 2.45) is 0 Å². The van der Waals surface area contributed by atoms with E-state index in [1.54, 1.807) is 12.1 Å². The number of para-hydroxylation sites is 1. The number of unbranched alkanes of at least 4 members (excludes halogenated alkanes) is 2. The van der Waals surface area contributed by atoms with Crippen LogP contribution in [0, 0.1) is 0 Å². The SMILES string of the molecule is CCCCCC(C)NC(=O)CSc1ccccc1O. The molecule has 0 aliphatic heterocycles. The molecular formula is C15H23NO2S. The maximum absolute atomic E-state index is 11.8. The van der Waals surface area contributed by atoms with Gasteiger partial charge in [-0.3, -0.25) is 4.79 Å². The van der Waals surface area contributed by atoms with E-state index in [0.717, 1.165) is 17.7 Å². The number of phenolic OH excluding ortho intramolecular Hbond substituents is 1. The Bertz CT molecular complexity index is 395. The topological polar surface area (TPSA) is 49.3 Å². The van der Waals surface area contributed by atoms with Gasteiger partial charge in [0.1, 0.15) is 5.75 Å². The van der Waals surface area contributed by atoms with E-state index in [2.05, 4.69) is 12.2 Å². The molecule has 0 saturated carbocycles. The van der Waals surface area contributed by atoms with Crippen LogP contribution >= 0.6 is 11.8 Å². The molecule has 0 aromatic heterocycles. The molecule has 0 bridgehead atoms. The van der Waals surface area contributed by atoms with Gasteiger partial charge in [-0.05, 0) is 25.5 Å². The molecule has 2 N–H and O–H groups in total. The molecule has 1 aromatic rings. The third-order valence-electron chi connectivity index (χ3n) is 2.87. The van der Waals surface area contributed by atoms with Crippen molar-refractivity contribution in [3.8, 4) is 5.75 Å². The van der Waals surface area contributed by atoms with Crippen molar-refractivity contribution >= 4 is 17.7 Å². The van der Waals surface area contributed by atoms with Gasteiger partial charge in [-0.15, -0.1) is 11.8 Å². The molecule has 1 aromatic carbocycles. The third-order valence-corrected chi connectivity index (χ3v) is 3.93. The quantitative estimate of drug-likeness (QED) is 0.566. The van der Waals surface area contributed by atoms with Gasteiger partial charge in [-0.1, -0.05) is 38.3 Å². The molecule has 0 saturated heterocycles. The van der Waals surface area contributed by atoms with Crippen LogP contribution < -0.4 is 5.32 Å². The Morgan fingerprint density at radius 1 is 1.37 bits per heavy atom. The minimum absolute atomic E-state index is 0.0252. The number of aromatic hydroxyl groups is 1. The highest BCUT2D eigenvalue weighted by atomic mass is 32.2. The van der Waals surface area contributed by atoms with E-state index >= 15 is 0 Å². The largest absolute Gasteiger partial charge is 0.507 e. The molecule has 0 heterocycles. The fraction of sp³-hybridized carbons (Fsp3) is 0.533. The average Bonchev–Trinajstić information content (AvgIpc) is 2.38. The van der Waals surface area contributed by atoms with Crippen LogP contribution in [0.4, 0.5) is 0 Å². The molecule has 106 valence electrons. The molecule has 0 fully saturated rings. The fourth-order valence-corrected chi connectivity index (χ4v) is 2.57. The van der Waals surface area contributed by atoms with Crippen LogP contribution in [0.1, 0.15) is 39.5 Å². The Kier molecular flexibility index (Phi) is 7.41. The summed E-state index contributed by atoms with van der Waals surface area (Å²) in [6.45, 7) is 4.21.